The van der Waals surface area contributed by atoms with Gasteiger partial charge in [-0.1, -0.05) is 18.9 Å². The molecule has 1 aliphatic carbocycles. The fourth-order valence-electron chi connectivity index (χ4n) is 5.68. The highest BCUT2D eigenvalue weighted by Crippen LogP contribution is 2.40. The van der Waals surface area contributed by atoms with E-state index >= 15 is 0 Å². The van der Waals surface area contributed by atoms with Crippen molar-refractivity contribution in [3.05, 3.63) is 53.7 Å². The maximum atomic E-state index is 14.9. The average molecular weight is 595 g/mol. The molecule has 1 fully saturated rings. The predicted octanol–water partition coefficient (Wildman–Crippen LogP) is 4.29. The third kappa shape index (κ3) is 5.71. The van der Waals surface area contributed by atoms with E-state index < -0.39 is 18.4 Å². The number of carbonyl (C=O) groups is 2. The first-order valence-corrected chi connectivity index (χ1v) is 14.1. The lowest BCUT2D eigenvalue weighted by atomic mass is 10.1. The van der Waals surface area contributed by atoms with Crippen molar-refractivity contribution in [2.75, 3.05) is 49.2 Å². The molecule has 0 saturated heterocycles. The summed E-state index contributed by atoms with van der Waals surface area (Å²) in [5.74, 6) is -2.93. The third-order valence-corrected chi connectivity index (χ3v) is 7.98. The molecule has 2 aliphatic heterocycles. The molecule has 0 unspecified atom stereocenters. The fraction of sp³-hybridized carbons (Fsp3) is 0.400. The Morgan fingerprint density at radius 2 is 1.93 bits per heavy atom. The lowest BCUT2D eigenvalue weighted by molar-refractivity contribution is -0.140. The minimum absolute atomic E-state index is 0.145. The zero-order chi connectivity index (χ0) is 30.1. The summed E-state index contributed by atoms with van der Waals surface area (Å²) in [6, 6.07) is 10.4. The number of rotatable bonds is 8. The van der Waals surface area contributed by atoms with Gasteiger partial charge in [-0.2, -0.15) is 13.8 Å². The lowest BCUT2D eigenvalue weighted by Crippen LogP contribution is -2.48. The zero-order valence-corrected chi connectivity index (χ0v) is 23.9. The zero-order valence-electron chi connectivity index (χ0n) is 23.9. The van der Waals surface area contributed by atoms with Gasteiger partial charge in [0, 0.05) is 25.2 Å². The molecule has 3 aliphatic rings. The number of fused-ring (bicyclic) bond motifs is 2. The molecule has 2 amide bonds. The molecule has 1 aromatic heterocycles. The molecule has 2 N–H and O–H groups in total. The van der Waals surface area contributed by atoms with Crippen molar-refractivity contribution in [3.8, 4) is 17.2 Å². The van der Waals surface area contributed by atoms with Gasteiger partial charge in [-0.3, -0.25) is 9.59 Å². The number of hydrogen-bond donors (Lipinski definition) is 2. The first kappa shape index (κ1) is 28.4. The number of alkyl halides is 2. The molecule has 11 nitrogen and oxygen atoms in total. The Labute approximate surface area is 247 Å². The van der Waals surface area contributed by atoms with E-state index in [1.807, 2.05) is 18.2 Å². The first-order valence-electron chi connectivity index (χ1n) is 14.1. The summed E-state index contributed by atoms with van der Waals surface area (Å²) in [6.45, 7) is -0.125. The molecule has 6 rings (SSSR count). The second-order valence-electron chi connectivity index (χ2n) is 10.8. The summed E-state index contributed by atoms with van der Waals surface area (Å²) in [5.41, 5.74) is 2.11. The number of aromatic nitrogens is 2. The number of carbonyl (C=O) groups excluding carboxylic acids is 2. The van der Waals surface area contributed by atoms with E-state index in [1.165, 1.54) is 20.4 Å². The van der Waals surface area contributed by atoms with Crippen LogP contribution in [0, 0.1) is 0 Å². The largest absolute Gasteiger partial charge is 0.495 e. The highest BCUT2D eigenvalue weighted by Gasteiger charge is 2.48. The smallest absolute Gasteiger partial charge is 0.342 e. The van der Waals surface area contributed by atoms with Crippen LogP contribution in [0.4, 0.5) is 31.9 Å². The van der Waals surface area contributed by atoms with E-state index in [4.69, 9.17) is 14.2 Å². The van der Waals surface area contributed by atoms with Crippen LogP contribution in [0.3, 0.4) is 0 Å². The van der Waals surface area contributed by atoms with Gasteiger partial charge >= 0.3 is 5.92 Å². The number of benzene rings is 2. The summed E-state index contributed by atoms with van der Waals surface area (Å²) >= 11 is 0. The van der Waals surface area contributed by atoms with Crippen molar-refractivity contribution in [1.82, 2.24) is 15.3 Å². The maximum absolute atomic E-state index is 14.9. The number of nitrogens with zero attached hydrogens (tertiary/aromatic N) is 4. The van der Waals surface area contributed by atoms with Crippen molar-refractivity contribution in [2.45, 2.75) is 44.1 Å². The van der Waals surface area contributed by atoms with Gasteiger partial charge in [-0.25, -0.2) is 4.98 Å². The lowest BCUT2D eigenvalue weighted by Gasteiger charge is -2.31. The Morgan fingerprint density at radius 1 is 1.14 bits per heavy atom. The van der Waals surface area contributed by atoms with Crippen LogP contribution in [-0.4, -0.2) is 67.8 Å². The van der Waals surface area contributed by atoms with Gasteiger partial charge in [0.15, 0.2) is 17.3 Å². The minimum atomic E-state index is -3.56. The number of hydrogen-bond acceptors (Lipinski definition) is 9. The Hall–Kier alpha value is -4.68. The molecular formula is C30H32F2N6O5. The average Bonchev–Trinajstić information content (AvgIpc) is 3.70. The van der Waals surface area contributed by atoms with Crippen molar-refractivity contribution in [3.63, 3.8) is 0 Å². The molecule has 0 bridgehead atoms. The van der Waals surface area contributed by atoms with Crippen molar-refractivity contribution >= 4 is 35.0 Å². The first-order chi connectivity index (χ1) is 20.7. The van der Waals surface area contributed by atoms with Gasteiger partial charge in [0.2, 0.25) is 12.7 Å². The van der Waals surface area contributed by atoms with Crippen LogP contribution in [0.15, 0.2) is 42.6 Å². The molecule has 0 spiro atoms. The SMILES string of the molecule is COc1cc(C(=O)NCCc2ccc3c(c2)OCO3)ccc1Nc1ncc2c(n1)N(C1CCCC1)CC(F)(F)C(=O)N2C. The van der Waals surface area contributed by atoms with Gasteiger partial charge in [-0.05, 0) is 55.2 Å². The van der Waals surface area contributed by atoms with Gasteiger partial charge in [0.1, 0.15) is 11.4 Å². The molecule has 2 aromatic carbocycles. The summed E-state index contributed by atoms with van der Waals surface area (Å²) in [5, 5.41) is 6.00. The molecule has 0 radical (unpaired) electrons. The topological polar surface area (TPSA) is 118 Å². The number of methoxy groups -OCH3 is 1. The minimum Gasteiger partial charge on any atom is -0.495 e. The van der Waals surface area contributed by atoms with Crippen LogP contribution in [-0.2, 0) is 11.2 Å². The van der Waals surface area contributed by atoms with Crippen LogP contribution in [0.1, 0.15) is 41.6 Å². The second kappa shape index (κ2) is 11.5. The summed E-state index contributed by atoms with van der Waals surface area (Å²) in [6.07, 6.45) is 5.33. The summed E-state index contributed by atoms with van der Waals surface area (Å²) in [4.78, 5) is 36.8. The Bertz CT molecular complexity index is 1550. The van der Waals surface area contributed by atoms with Gasteiger partial charge in [0.25, 0.3) is 11.8 Å². The maximum Gasteiger partial charge on any atom is 0.342 e. The van der Waals surface area contributed by atoms with E-state index in [2.05, 4.69) is 20.6 Å². The Morgan fingerprint density at radius 3 is 2.72 bits per heavy atom. The molecular weight excluding hydrogens is 562 g/mol. The Kier molecular flexibility index (Phi) is 7.63. The van der Waals surface area contributed by atoms with Crippen LogP contribution < -0.4 is 34.6 Å². The number of ether oxygens (including phenoxy) is 3. The van der Waals surface area contributed by atoms with E-state index in [-0.39, 0.29) is 36.2 Å². The molecule has 13 heteroatoms. The van der Waals surface area contributed by atoms with E-state index in [9.17, 15) is 18.4 Å². The second-order valence-corrected chi connectivity index (χ2v) is 10.8. The van der Waals surface area contributed by atoms with Crippen LogP contribution in [0.5, 0.6) is 17.2 Å². The van der Waals surface area contributed by atoms with Crippen molar-refractivity contribution in [1.29, 1.82) is 0 Å². The van der Waals surface area contributed by atoms with Gasteiger partial charge in [0.05, 0.1) is 25.5 Å². The fourth-order valence-corrected chi connectivity index (χ4v) is 5.68. The van der Waals surface area contributed by atoms with Crippen LogP contribution in [0.25, 0.3) is 0 Å². The number of halogens is 2. The van der Waals surface area contributed by atoms with E-state index in [0.29, 0.717) is 41.5 Å². The highest BCUT2D eigenvalue weighted by molar-refractivity contribution is 6.02. The van der Waals surface area contributed by atoms with E-state index in [0.717, 1.165) is 36.1 Å². The summed E-state index contributed by atoms with van der Waals surface area (Å²) in [7, 11) is 2.79. The molecule has 1 saturated carbocycles. The number of amides is 2. The Balaban J connectivity index is 1.17. The monoisotopic (exact) mass is 594 g/mol. The van der Waals surface area contributed by atoms with Crippen LogP contribution >= 0.6 is 0 Å². The number of nitrogens with one attached hydrogen (secondary N) is 2. The molecule has 0 atom stereocenters. The van der Waals surface area contributed by atoms with Crippen molar-refractivity contribution < 1.29 is 32.6 Å². The molecule has 43 heavy (non-hydrogen) atoms. The highest BCUT2D eigenvalue weighted by atomic mass is 19.3. The summed E-state index contributed by atoms with van der Waals surface area (Å²) < 4.78 is 46.0. The van der Waals surface area contributed by atoms with E-state index in [1.54, 1.807) is 23.1 Å². The third-order valence-electron chi connectivity index (χ3n) is 7.98. The quantitative estimate of drug-likeness (QED) is 0.394. The molecule has 3 aromatic rings. The molecule has 226 valence electrons. The number of anilines is 4. The van der Waals surface area contributed by atoms with Crippen LogP contribution in [0.2, 0.25) is 0 Å². The van der Waals surface area contributed by atoms with Gasteiger partial charge < -0.3 is 34.6 Å². The predicted molar refractivity (Wildman–Crippen MR) is 155 cm³/mol. The normalized spacial score (nSPS) is 17.4. The van der Waals surface area contributed by atoms with Gasteiger partial charge in [-0.15, -0.1) is 0 Å². The van der Waals surface area contributed by atoms with Crippen molar-refractivity contribution in [2.24, 2.45) is 0 Å². The standard InChI is InChI=1S/C30H32F2N6O5/c1-37-22-15-34-29(36-26(22)38(20-5-3-4-6-20)16-30(31,32)28(37)40)35-21-9-8-19(14-24(21)41-2)27(39)33-12-11-18-7-10-23-25(13-18)43-17-42-23/h7-10,13-15,20H,3-6,11-12,16-17H2,1-2H3,(H,33,39)(H,34,35,36). The molecule has 3 heterocycles.